The lowest BCUT2D eigenvalue weighted by Gasteiger charge is -2.27. The smallest absolute Gasteiger partial charge is 0.348 e. The van der Waals surface area contributed by atoms with Crippen LogP contribution in [0.3, 0.4) is 0 Å². The van der Waals surface area contributed by atoms with E-state index in [1.54, 1.807) is 20.8 Å². The zero-order valence-corrected chi connectivity index (χ0v) is 52.7. The van der Waals surface area contributed by atoms with Crippen molar-refractivity contribution in [1.82, 2.24) is 0 Å². The van der Waals surface area contributed by atoms with E-state index in [2.05, 4.69) is 40.9 Å². The first-order valence-corrected chi connectivity index (χ1v) is 29.5. The molecule has 0 aliphatic heterocycles. The van der Waals surface area contributed by atoms with Crippen LogP contribution < -0.4 is 0 Å². The number of rotatable bonds is 27. The van der Waals surface area contributed by atoms with Gasteiger partial charge in [-0.3, -0.25) is 80.9 Å². The Labute approximate surface area is 563 Å². The van der Waals surface area contributed by atoms with Crippen molar-refractivity contribution >= 4 is 91.0 Å². The summed E-state index contributed by atoms with van der Waals surface area (Å²) in [6.45, 7) is 7.96. The fraction of sp³-hybridized carbons (Fsp3) is 0.213. The minimum Gasteiger partial charge on any atom is -0.505 e. The lowest BCUT2D eigenvalue weighted by molar-refractivity contribution is -0.422. The Kier molecular flexibility index (Phi) is 21.4. The van der Waals surface area contributed by atoms with E-state index >= 15 is 0 Å². The first-order chi connectivity index (χ1) is 47.8. The van der Waals surface area contributed by atoms with Gasteiger partial charge >= 0.3 is 45.5 Å². The quantitative estimate of drug-likeness (QED) is 0.0135. The number of phenols is 8. The molecule has 101 heavy (non-hydrogen) atoms. The van der Waals surface area contributed by atoms with E-state index < -0.39 is 189 Å². The van der Waals surface area contributed by atoms with Crippen molar-refractivity contribution in [3.05, 3.63) is 223 Å². The number of azo groups is 4. The highest BCUT2D eigenvalue weighted by atomic mass is 16.7. The van der Waals surface area contributed by atoms with E-state index in [0.717, 1.165) is 66.7 Å². The molecule has 0 amide bonds. The van der Waals surface area contributed by atoms with Gasteiger partial charge in [-0.25, -0.2) is 0 Å². The maximum Gasteiger partial charge on any atom is 0.348 e. The highest BCUT2D eigenvalue weighted by Gasteiger charge is 2.36. The average Bonchev–Trinajstić information content (AvgIpc) is 0.752. The monoisotopic (exact) mass is 1390 g/mol. The van der Waals surface area contributed by atoms with Gasteiger partial charge in [-0.1, -0.05) is 40.7 Å². The number of hydrogen-bond acceptors (Lipinski definition) is 32. The highest BCUT2D eigenvalue weighted by Crippen LogP contribution is 2.58. The first-order valence-electron chi connectivity index (χ1n) is 29.5. The van der Waals surface area contributed by atoms with Gasteiger partial charge in [0.15, 0.2) is 57.2 Å². The van der Waals surface area contributed by atoms with Gasteiger partial charge in [0, 0.05) is 75.4 Å². The van der Waals surface area contributed by atoms with E-state index in [1.165, 1.54) is 26.0 Å². The molecule has 4 unspecified atom stereocenters. The van der Waals surface area contributed by atoms with Gasteiger partial charge in [0.25, 0.3) is 0 Å². The van der Waals surface area contributed by atoms with E-state index in [0.29, 0.717) is 30.7 Å². The molecule has 8 aromatic carbocycles. The molecule has 0 spiro atoms. The third-order valence-electron chi connectivity index (χ3n) is 16.2. The highest BCUT2D eigenvalue weighted by molar-refractivity contribution is 5.77. The second-order valence-corrected chi connectivity index (χ2v) is 21.9. The first kappa shape index (κ1) is 72.6. The number of aromatic hydroxyl groups is 8. The predicted molar refractivity (Wildman–Crippen MR) is 350 cm³/mol. The second-order valence-electron chi connectivity index (χ2n) is 21.9. The maximum absolute atomic E-state index is 12.7. The predicted octanol–water partition coefficient (Wildman–Crippen LogP) is 17.4. The van der Waals surface area contributed by atoms with Crippen molar-refractivity contribution < 1.29 is 80.2 Å². The molecular formula is C61H52N16O24. The molecule has 0 aliphatic carbocycles. The molecule has 0 aromatic heterocycles. The Bertz CT molecular complexity index is 4930. The summed E-state index contributed by atoms with van der Waals surface area (Å²) in [5.74, 6) is -11.8. The van der Waals surface area contributed by atoms with Crippen LogP contribution in [0.1, 0.15) is 123 Å². The van der Waals surface area contributed by atoms with Crippen LogP contribution in [0.25, 0.3) is 0 Å². The Morgan fingerprint density at radius 1 is 0.277 bits per heavy atom. The summed E-state index contributed by atoms with van der Waals surface area (Å²) < 4.78 is 0. The van der Waals surface area contributed by atoms with Crippen LogP contribution in [0, 0.1) is 80.9 Å². The van der Waals surface area contributed by atoms with Crippen LogP contribution in [0.15, 0.2) is 144 Å². The Hall–Kier alpha value is -14.2. The molecular weight excluding hydrogens is 1340 g/mol. The molecule has 520 valence electrons. The number of hydrogen-bond donors (Lipinski definition) is 8. The third-order valence-corrected chi connectivity index (χ3v) is 16.2. The van der Waals surface area contributed by atoms with Gasteiger partial charge < -0.3 is 40.9 Å². The van der Waals surface area contributed by atoms with Gasteiger partial charge in [0.05, 0.1) is 86.4 Å². The molecule has 4 atom stereocenters. The van der Waals surface area contributed by atoms with Crippen molar-refractivity contribution in [3.8, 4) is 46.0 Å². The lowest BCUT2D eigenvalue weighted by Crippen LogP contribution is -2.08. The van der Waals surface area contributed by atoms with Crippen molar-refractivity contribution in [2.45, 2.75) is 84.0 Å². The summed E-state index contributed by atoms with van der Waals surface area (Å²) in [4.78, 5) is 86.0. The summed E-state index contributed by atoms with van der Waals surface area (Å²) in [7, 11) is 0. The minimum atomic E-state index is -1.50. The lowest BCUT2D eigenvalue weighted by atomic mass is 9.79. The van der Waals surface area contributed by atoms with Gasteiger partial charge in [0.1, 0.15) is 11.5 Å². The van der Waals surface area contributed by atoms with E-state index in [9.17, 15) is 122 Å². The summed E-state index contributed by atoms with van der Waals surface area (Å²) >= 11 is 0. The molecule has 0 bridgehead atoms. The van der Waals surface area contributed by atoms with Gasteiger partial charge in [-0.15, -0.1) is 20.5 Å². The van der Waals surface area contributed by atoms with E-state index in [1.807, 2.05) is 0 Å². The number of nitro groups is 8. The molecule has 8 N–H and O–H groups in total. The molecule has 40 nitrogen and oxygen atoms in total. The minimum absolute atomic E-state index is 0.0923. The molecule has 8 rings (SSSR count). The zero-order valence-electron chi connectivity index (χ0n) is 52.7. The molecule has 40 heteroatoms. The fourth-order valence-corrected chi connectivity index (χ4v) is 11.0. The Morgan fingerprint density at radius 2 is 0.505 bits per heavy atom. The Balaban J connectivity index is 1.43. The fourth-order valence-electron chi connectivity index (χ4n) is 11.0. The summed E-state index contributed by atoms with van der Waals surface area (Å²) in [5.41, 5.74) is -14.1. The SMILES string of the molecule is CCC(C)c1cc(C(CC)c2cc(C(CC)c3cc(C(CC)c4ccc(O)c(N=Nc5ccc([N+](=O)[O-])c([N+](=O)[O-])c5)c4O)c(O)c(N=Nc4ccc([N+](=O)[O-])c([N+](=O)[O-])c4)c3O)c(O)c(N=Nc3ccc([N+](=O)[O-])c([N+](=O)[O-])c3)c2O)c(O)c(N=Nc2ccc([N+](=O)[O-])c([N+](=O)[O-])c2)c1O. The number of benzene rings is 8. The van der Waals surface area contributed by atoms with Crippen LogP contribution in [0.5, 0.6) is 46.0 Å². The van der Waals surface area contributed by atoms with Crippen LogP contribution in [0.4, 0.5) is 91.0 Å². The maximum atomic E-state index is 12.7. The third kappa shape index (κ3) is 14.6. The van der Waals surface area contributed by atoms with Gasteiger partial charge in [0.2, 0.25) is 0 Å². The van der Waals surface area contributed by atoms with Crippen LogP contribution >= 0.6 is 0 Å². The van der Waals surface area contributed by atoms with E-state index in [4.69, 9.17) is 0 Å². The van der Waals surface area contributed by atoms with Gasteiger partial charge in [-0.05, 0) is 85.7 Å². The summed E-state index contributed by atoms with van der Waals surface area (Å²) in [6.07, 6.45) is -0.275. The summed E-state index contributed by atoms with van der Waals surface area (Å²) in [6, 6.07) is 15.4. The number of nitrogens with zero attached hydrogens (tertiary/aromatic N) is 16. The van der Waals surface area contributed by atoms with Crippen LogP contribution in [-0.4, -0.2) is 80.2 Å². The van der Waals surface area contributed by atoms with Crippen LogP contribution in [0.2, 0.25) is 0 Å². The summed E-state index contributed by atoms with van der Waals surface area (Å²) in [5, 5.41) is 224. The second kappa shape index (κ2) is 29.8. The van der Waals surface area contributed by atoms with Crippen molar-refractivity contribution in [1.29, 1.82) is 0 Å². The Morgan fingerprint density at radius 3 is 0.752 bits per heavy atom. The number of nitro benzene ring substituents is 8. The van der Waals surface area contributed by atoms with Crippen LogP contribution in [-0.2, 0) is 0 Å². The van der Waals surface area contributed by atoms with E-state index in [-0.39, 0.29) is 69.6 Å². The van der Waals surface area contributed by atoms with Gasteiger partial charge in [-0.2, -0.15) is 20.5 Å². The zero-order chi connectivity index (χ0) is 74.3. The van der Waals surface area contributed by atoms with Crippen molar-refractivity contribution in [3.63, 3.8) is 0 Å². The molecule has 0 fully saturated rings. The molecule has 0 radical (unpaired) electrons. The molecule has 0 aliphatic rings. The standard InChI is InChI=1S/C61H52N16O24/c1-6-27(5)36-24-37(57(81)52(56(36)80)67-63-29-11-16-43(71(88)89)47(21-29)75(96)97)33(8-3)40-26-41(61(85)54(60(40)84)69-65-31-13-18-45(73(92)93)49(23-31)77(100)101)34(9-4)39-25-38(58(82)53(59(39)83)68-64-30-12-17-44(72(90)91)48(22-30)76(98)99)32(7-2)35-14-19-50(78)51(55(35)79)66-62-28-10-15-42(70(86)87)46(20-28)74(94)95/h10-27,32-34,78-85H,6-9H2,1-5H3. The molecule has 0 saturated carbocycles. The van der Waals surface area contributed by atoms with Crippen molar-refractivity contribution in [2.24, 2.45) is 40.9 Å². The molecule has 8 aromatic rings. The molecule has 0 saturated heterocycles. The average molecular weight is 1390 g/mol. The van der Waals surface area contributed by atoms with Crippen molar-refractivity contribution in [2.75, 3.05) is 0 Å². The largest absolute Gasteiger partial charge is 0.505 e. The normalized spacial score (nSPS) is 12.8. The molecule has 0 heterocycles. The number of phenolic OH excluding ortho intramolecular Hbond substituents is 8. The topological polar surface area (TPSA) is 606 Å².